The van der Waals surface area contributed by atoms with Crippen LogP contribution in [0.25, 0.3) is 22.3 Å². The van der Waals surface area contributed by atoms with Crippen molar-refractivity contribution in [3.8, 4) is 11.3 Å². The van der Waals surface area contributed by atoms with Crippen molar-refractivity contribution in [2.45, 2.75) is 26.8 Å². The van der Waals surface area contributed by atoms with E-state index in [1.807, 2.05) is 18.5 Å². The lowest BCUT2D eigenvalue weighted by Gasteiger charge is -2.04. The van der Waals surface area contributed by atoms with Crippen LogP contribution in [-0.4, -0.2) is 11.5 Å². The molecule has 0 atom stereocenters. The standard InChI is InChI=1S/C18H20N2O/c1-3-6-19-10-14-8-16(12-20-11-14)18-9-15-7-13(2)4-5-17(15)21-18/h4-5,7-9,11-12,19H,3,6,10H2,1-2H3. The first-order valence-corrected chi connectivity index (χ1v) is 7.41. The van der Waals surface area contributed by atoms with Crippen LogP contribution in [0.3, 0.4) is 0 Å². The molecular weight excluding hydrogens is 260 g/mol. The van der Waals surface area contributed by atoms with Gasteiger partial charge < -0.3 is 9.73 Å². The monoisotopic (exact) mass is 280 g/mol. The van der Waals surface area contributed by atoms with Gasteiger partial charge in [0.15, 0.2) is 0 Å². The van der Waals surface area contributed by atoms with Crippen LogP contribution < -0.4 is 5.32 Å². The number of hydrogen-bond acceptors (Lipinski definition) is 3. The Morgan fingerprint density at radius 1 is 1.14 bits per heavy atom. The van der Waals surface area contributed by atoms with Crippen LogP contribution in [0, 0.1) is 6.92 Å². The van der Waals surface area contributed by atoms with Crippen molar-refractivity contribution in [2.75, 3.05) is 6.54 Å². The zero-order valence-electron chi connectivity index (χ0n) is 12.5. The number of aromatic nitrogens is 1. The van der Waals surface area contributed by atoms with Crippen molar-refractivity contribution in [2.24, 2.45) is 0 Å². The van der Waals surface area contributed by atoms with E-state index < -0.39 is 0 Å². The van der Waals surface area contributed by atoms with Gasteiger partial charge >= 0.3 is 0 Å². The summed E-state index contributed by atoms with van der Waals surface area (Å²) in [7, 11) is 0. The average Bonchev–Trinajstić information content (AvgIpc) is 2.91. The van der Waals surface area contributed by atoms with Gasteiger partial charge in [-0.25, -0.2) is 0 Å². The minimum absolute atomic E-state index is 0.841. The van der Waals surface area contributed by atoms with Gasteiger partial charge in [0.2, 0.25) is 0 Å². The molecule has 0 unspecified atom stereocenters. The highest BCUT2D eigenvalue weighted by Crippen LogP contribution is 2.28. The van der Waals surface area contributed by atoms with E-state index in [1.165, 1.54) is 11.1 Å². The van der Waals surface area contributed by atoms with Crippen LogP contribution in [0.15, 0.2) is 47.1 Å². The number of aryl methyl sites for hydroxylation is 1. The van der Waals surface area contributed by atoms with Crippen LogP contribution >= 0.6 is 0 Å². The number of nitrogens with one attached hydrogen (secondary N) is 1. The maximum atomic E-state index is 5.93. The highest BCUT2D eigenvalue weighted by Gasteiger charge is 2.07. The Kier molecular flexibility index (Phi) is 4.02. The molecule has 3 aromatic rings. The van der Waals surface area contributed by atoms with Crippen molar-refractivity contribution in [3.63, 3.8) is 0 Å². The molecule has 1 aromatic carbocycles. The van der Waals surface area contributed by atoms with E-state index in [9.17, 15) is 0 Å². The summed E-state index contributed by atoms with van der Waals surface area (Å²) in [6.07, 6.45) is 4.89. The molecule has 108 valence electrons. The fraction of sp³-hybridized carbons (Fsp3) is 0.278. The number of pyridine rings is 1. The van der Waals surface area contributed by atoms with E-state index >= 15 is 0 Å². The molecule has 0 aliphatic rings. The van der Waals surface area contributed by atoms with Crippen molar-refractivity contribution in [1.29, 1.82) is 0 Å². The number of furan rings is 1. The van der Waals surface area contributed by atoms with Gasteiger partial charge in [0.05, 0.1) is 0 Å². The summed E-state index contributed by atoms with van der Waals surface area (Å²) in [4.78, 5) is 4.33. The first kappa shape index (κ1) is 13.8. The second kappa shape index (κ2) is 6.10. The third kappa shape index (κ3) is 3.14. The van der Waals surface area contributed by atoms with Crippen LogP contribution in [0.5, 0.6) is 0 Å². The molecule has 0 amide bonds. The van der Waals surface area contributed by atoms with Gasteiger partial charge in [0, 0.05) is 29.9 Å². The Bertz CT molecular complexity index is 746. The maximum Gasteiger partial charge on any atom is 0.136 e. The van der Waals surface area contributed by atoms with E-state index in [1.54, 1.807) is 0 Å². The molecule has 3 rings (SSSR count). The Balaban J connectivity index is 1.89. The van der Waals surface area contributed by atoms with E-state index in [0.717, 1.165) is 41.8 Å². The van der Waals surface area contributed by atoms with E-state index in [-0.39, 0.29) is 0 Å². The number of nitrogens with zero attached hydrogens (tertiary/aromatic N) is 1. The van der Waals surface area contributed by atoms with E-state index in [2.05, 4.69) is 48.4 Å². The van der Waals surface area contributed by atoms with Crippen LogP contribution in [0.2, 0.25) is 0 Å². The molecule has 2 aromatic heterocycles. The summed E-state index contributed by atoms with van der Waals surface area (Å²) in [6, 6.07) is 10.5. The lowest BCUT2D eigenvalue weighted by Crippen LogP contribution is -2.13. The maximum absolute atomic E-state index is 5.93. The number of benzene rings is 1. The fourth-order valence-electron chi connectivity index (χ4n) is 2.43. The van der Waals surface area contributed by atoms with E-state index in [4.69, 9.17) is 4.42 Å². The predicted octanol–water partition coefficient (Wildman–Crippen LogP) is 4.30. The summed E-state index contributed by atoms with van der Waals surface area (Å²) < 4.78 is 5.93. The van der Waals surface area contributed by atoms with Crippen molar-refractivity contribution < 1.29 is 4.42 Å². The van der Waals surface area contributed by atoms with Crippen molar-refractivity contribution in [3.05, 3.63) is 53.9 Å². The molecular formula is C18H20N2O. The molecule has 21 heavy (non-hydrogen) atoms. The summed E-state index contributed by atoms with van der Waals surface area (Å²) in [6.45, 7) is 6.12. The lowest BCUT2D eigenvalue weighted by atomic mass is 10.1. The zero-order valence-corrected chi connectivity index (χ0v) is 12.5. The normalized spacial score (nSPS) is 11.1. The number of hydrogen-bond donors (Lipinski definition) is 1. The average molecular weight is 280 g/mol. The van der Waals surface area contributed by atoms with Gasteiger partial charge in [0.25, 0.3) is 0 Å². The summed E-state index contributed by atoms with van der Waals surface area (Å²) in [5.41, 5.74) is 4.37. The summed E-state index contributed by atoms with van der Waals surface area (Å²) in [5, 5.41) is 4.53. The summed E-state index contributed by atoms with van der Waals surface area (Å²) >= 11 is 0. The second-order valence-electron chi connectivity index (χ2n) is 5.41. The Labute approximate surface area is 125 Å². The van der Waals surface area contributed by atoms with E-state index in [0.29, 0.717) is 0 Å². The van der Waals surface area contributed by atoms with Gasteiger partial charge in [-0.2, -0.15) is 0 Å². The second-order valence-corrected chi connectivity index (χ2v) is 5.41. The first-order valence-electron chi connectivity index (χ1n) is 7.41. The Morgan fingerprint density at radius 3 is 2.90 bits per heavy atom. The SMILES string of the molecule is CCCNCc1cncc(-c2cc3cc(C)ccc3o2)c1. The molecule has 0 saturated heterocycles. The highest BCUT2D eigenvalue weighted by molar-refractivity contribution is 5.83. The van der Waals surface area contributed by atoms with Crippen LogP contribution in [-0.2, 0) is 6.54 Å². The molecule has 0 radical (unpaired) electrons. The van der Waals surface area contributed by atoms with Gasteiger partial charge in [-0.1, -0.05) is 18.6 Å². The zero-order chi connectivity index (χ0) is 14.7. The Morgan fingerprint density at radius 2 is 2.05 bits per heavy atom. The van der Waals surface area contributed by atoms with Gasteiger partial charge in [0.1, 0.15) is 11.3 Å². The molecule has 0 aliphatic carbocycles. The number of rotatable bonds is 5. The van der Waals surface area contributed by atoms with Crippen molar-refractivity contribution in [1.82, 2.24) is 10.3 Å². The molecule has 0 saturated carbocycles. The fourth-order valence-corrected chi connectivity index (χ4v) is 2.43. The van der Waals surface area contributed by atoms with Crippen molar-refractivity contribution >= 4 is 11.0 Å². The minimum atomic E-state index is 0.841. The third-order valence-corrected chi connectivity index (χ3v) is 3.51. The summed E-state index contributed by atoms with van der Waals surface area (Å²) in [5.74, 6) is 0.875. The largest absolute Gasteiger partial charge is 0.456 e. The Hall–Kier alpha value is -2.13. The molecule has 1 N–H and O–H groups in total. The third-order valence-electron chi connectivity index (χ3n) is 3.51. The topological polar surface area (TPSA) is 38.1 Å². The minimum Gasteiger partial charge on any atom is -0.456 e. The highest BCUT2D eigenvalue weighted by atomic mass is 16.3. The van der Waals surface area contributed by atoms with Gasteiger partial charge in [-0.05, 0) is 49.7 Å². The van der Waals surface area contributed by atoms with Gasteiger partial charge in [-0.3, -0.25) is 4.98 Å². The molecule has 0 bridgehead atoms. The molecule has 2 heterocycles. The molecule has 0 aliphatic heterocycles. The molecule has 0 fully saturated rings. The lowest BCUT2D eigenvalue weighted by molar-refractivity contribution is 0.630. The predicted molar refractivity (Wildman–Crippen MR) is 86.2 cm³/mol. The number of fused-ring (bicyclic) bond motifs is 1. The first-order chi connectivity index (χ1) is 10.3. The van der Waals surface area contributed by atoms with Crippen LogP contribution in [0.1, 0.15) is 24.5 Å². The molecule has 0 spiro atoms. The molecule has 3 nitrogen and oxygen atoms in total. The molecule has 3 heteroatoms. The quantitative estimate of drug-likeness (QED) is 0.708. The van der Waals surface area contributed by atoms with Crippen LogP contribution in [0.4, 0.5) is 0 Å². The van der Waals surface area contributed by atoms with Gasteiger partial charge in [-0.15, -0.1) is 0 Å². The smallest absolute Gasteiger partial charge is 0.136 e.